The topological polar surface area (TPSA) is 29.1 Å². The zero-order valence-electron chi connectivity index (χ0n) is 9.03. The summed E-state index contributed by atoms with van der Waals surface area (Å²) < 4.78 is 13.5. The molecule has 1 aromatic heterocycles. The molecule has 0 saturated carbocycles. The number of hydrogen-bond donors (Lipinski definition) is 2. The molecule has 2 rings (SSSR count). The SMILES string of the molecule is Cc1cccc(F)c1NC(=O)c1cc(S)cs1. The second kappa shape index (κ2) is 4.89. The highest BCUT2D eigenvalue weighted by Gasteiger charge is 2.12. The van der Waals surface area contributed by atoms with E-state index in [-0.39, 0.29) is 11.6 Å². The standard InChI is InChI=1S/C12H10FNOS2/c1-7-3-2-4-9(13)11(7)14-12(15)10-5-8(16)6-17-10/h2-6,16H,1H3,(H,14,15). The van der Waals surface area contributed by atoms with Crippen LogP contribution in [0.3, 0.4) is 0 Å². The number of para-hydroxylation sites is 1. The van der Waals surface area contributed by atoms with E-state index in [1.807, 2.05) is 0 Å². The van der Waals surface area contributed by atoms with Crippen LogP contribution in [0.25, 0.3) is 0 Å². The van der Waals surface area contributed by atoms with Gasteiger partial charge in [-0.05, 0) is 24.6 Å². The van der Waals surface area contributed by atoms with Gasteiger partial charge in [0.2, 0.25) is 0 Å². The minimum absolute atomic E-state index is 0.228. The van der Waals surface area contributed by atoms with Crippen molar-refractivity contribution in [3.05, 3.63) is 45.9 Å². The van der Waals surface area contributed by atoms with Crippen LogP contribution < -0.4 is 5.32 Å². The summed E-state index contributed by atoms with van der Waals surface area (Å²) in [7, 11) is 0. The number of hydrogen-bond acceptors (Lipinski definition) is 3. The van der Waals surface area contributed by atoms with Crippen molar-refractivity contribution in [2.24, 2.45) is 0 Å². The first-order chi connectivity index (χ1) is 8.08. The van der Waals surface area contributed by atoms with Gasteiger partial charge in [0.25, 0.3) is 5.91 Å². The molecular formula is C12H10FNOS2. The van der Waals surface area contributed by atoms with Crippen LogP contribution in [0.15, 0.2) is 34.5 Å². The third kappa shape index (κ3) is 2.68. The number of rotatable bonds is 2. The summed E-state index contributed by atoms with van der Waals surface area (Å²) in [4.78, 5) is 13.1. The minimum atomic E-state index is -0.430. The second-order valence-corrected chi connectivity index (χ2v) is 4.98. The lowest BCUT2D eigenvalue weighted by atomic mass is 10.2. The van der Waals surface area contributed by atoms with Gasteiger partial charge in [0, 0.05) is 10.3 Å². The van der Waals surface area contributed by atoms with E-state index >= 15 is 0 Å². The smallest absolute Gasteiger partial charge is 0.265 e. The Morgan fingerprint density at radius 2 is 2.24 bits per heavy atom. The van der Waals surface area contributed by atoms with E-state index in [2.05, 4.69) is 17.9 Å². The normalized spacial score (nSPS) is 10.3. The van der Waals surface area contributed by atoms with Gasteiger partial charge in [-0.1, -0.05) is 12.1 Å². The van der Waals surface area contributed by atoms with Crippen molar-refractivity contribution in [3.8, 4) is 0 Å². The molecule has 0 spiro atoms. The van der Waals surface area contributed by atoms with E-state index in [9.17, 15) is 9.18 Å². The van der Waals surface area contributed by atoms with Crippen molar-refractivity contribution in [3.63, 3.8) is 0 Å². The van der Waals surface area contributed by atoms with Crippen LogP contribution in [0, 0.1) is 12.7 Å². The molecule has 0 unspecified atom stereocenters. The first-order valence-corrected chi connectivity index (χ1v) is 6.24. The molecule has 1 heterocycles. The van der Waals surface area contributed by atoms with Gasteiger partial charge in [-0.3, -0.25) is 4.79 Å². The molecule has 1 aromatic carbocycles. The molecule has 0 saturated heterocycles. The molecule has 0 radical (unpaired) electrons. The van der Waals surface area contributed by atoms with Gasteiger partial charge in [-0.15, -0.1) is 24.0 Å². The highest BCUT2D eigenvalue weighted by Crippen LogP contribution is 2.22. The Bertz CT molecular complexity index is 545. The Hall–Kier alpha value is -1.33. The molecule has 0 bridgehead atoms. The molecule has 2 aromatic rings. The number of nitrogens with one attached hydrogen (secondary N) is 1. The van der Waals surface area contributed by atoms with Crippen LogP contribution in [-0.4, -0.2) is 5.91 Å². The van der Waals surface area contributed by atoms with Crippen LogP contribution in [-0.2, 0) is 0 Å². The molecular weight excluding hydrogens is 257 g/mol. The van der Waals surface area contributed by atoms with Gasteiger partial charge < -0.3 is 5.32 Å². The van der Waals surface area contributed by atoms with Gasteiger partial charge in [0.15, 0.2) is 0 Å². The number of halogens is 1. The molecule has 1 N–H and O–H groups in total. The number of aryl methyl sites for hydroxylation is 1. The molecule has 0 atom stereocenters. The summed E-state index contributed by atoms with van der Waals surface area (Å²) in [5, 5.41) is 4.33. The predicted molar refractivity (Wildman–Crippen MR) is 70.7 cm³/mol. The average Bonchev–Trinajstić information content (AvgIpc) is 2.70. The summed E-state index contributed by atoms with van der Waals surface area (Å²) >= 11 is 5.40. The van der Waals surface area contributed by atoms with Crippen molar-refractivity contribution in [1.82, 2.24) is 0 Å². The Morgan fingerprint density at radius 1 is 1.47 bits per heavy atom. The molecule has 0 aliphatic carbocycles. The number of amides is 1. The molecule has 5 heteroatoms. The quantitative estimate of drug-likeness (QED) is 0.797. The van der Waals surface area contributed by atoms with Crippen molar-refractivity contribution >= 4 is 35.6 Å². The van der Waals surface area contributed by atoms with Gasteiger partial charge in [0.05, 0.1) is 10.6 Å². The number of thiophene rings is 1. The van der Waals surface area contributed by atoms with Gasteiger partial charge >= 0.3 is 0 Å². The fourth-order valence-corrected chi connectivity index (χ4v) is 2.45. The Labute approximate surface area is 108 Å². The fraction of sp³-hybridized carbons (Fsp3) is 0.0833. The molecule has 2 nitrogen and oxygen atoms in total. The van der Waals surface area contributed by atoms with Crippen LogP contribution in [0.1, 0.15) is 15.2 Å². The monoisotopic (exact) mass is 267 g/mol. The van der Waals surface area contributed by atoms with E-state index < -0.39 is 5.82 Å². The van der Waals surface area contributed by atoms with Gasteiger partial charge in [-0.25, -0.2) is 4.39 Å². The number of thiol groups is 1. The molecule has 0 fully saturated rings. The van der Waals surface area contributed by atoms with Crippen LogP contribution in [0.5, 0.6) is 0 Å². The summed E-state index contributed by atoms with van der Waals surface area (Å²) in [5.74, 6) is -0.746. The largest absolute Gasteiger partial charge is 0.319 e. The Kier molecular flexibility index (Phi) is 3.49. The van der Waals surface area contributed by atoms with E-state index in [0.717, 1.165) is 4.90 Å². The third-order valence-electron chi connectivity index (χ3n) is 2.27. The van der Waals surface area contributed by atoms with Crippen molar-refractivity contribution in [1.29, 1.82) is 0 Å². The number of carbonyl (C=O) groups excluding carboxylic acids is 1. The van der Waals surface area contributed by atoms with Crippen molar-refractivity contribution < 1.29 is 9.18 Å². The first kappa shape index (κ1) is 12.1. The third-order valence-corrected chi connectivity index (χ3v) is 3.63. The van der Waals surface area contributed by atoms with E-state index in [4.69, 9.17) is 0 Å². The minimum Gasteiger partial charge on any atom is -0.319 e. The van der Waals surface area contributed by atoms with Crippen LogP contribution >= 0.6 is 24.0 Å². The molecule has 1 amide bonds. The maximum Gasteiger partial charge on any atom is 0.265 e. The molecule has 88 valence electrons. The Morgan fingerprint density at radius 3 is 2.82 bits per heavy atom. The van der Waals surface area contributed by atoms with Gasteiger partial charge in [-0.2, -0.15) is 0 Å². The van der Waals surface area contributed by atoms with Crippen molar-refractivity contribution in [2.45, 2.75) is 11.8 Å². The molecule has 0 aliphatic heterocycles. The lowest BCUT2D eigenvalue weighted by molar-refractivity contribution is 0.103. The first-order valence-electron chi connectivity index (χ1n) is 4.92. The Balaban J connectivity index is 2.24. The van der Waals surface area contributed by atoms with Crippen LogP contribution in [0.4, 0.5) is 10.1 Å². The summed E-state index contributed by atoms with van der Waals surface area (Å²) in [6.45, 7) is 1.75. The average molecular weight is 267 g/mol. The number of carbonyl (C=O) groups is 1. The highest BCUT2D eigenvalue weighted by molar-refractivity contribution is 7.80. The second-order valence-electron chi connectivity index (χ2n) is 3.56. The predicted octanol–water partition coefficient (Wildman–Crippen LogP) is 3.74. The fourth-order valence-electron chi connectivity index (χ4n) is 1.41. The summed E-state index contributed by atoms with van der Waals surface area (Å²) in [6.07, 6.45) is 0. The molecule has 17 heavy (non-hydrogen) atoms. The zero-order chi connectivity index (χ0) is 12.4. The lowest BCUT2D eigenvalue weighted by Gasteiger charge is -2.07. The maximum atomic E-state index is 13.5. The molecule has 0 aliphatic rings. The van der Waals surface area contributed by atoms with Gasteiger partial charge in [0.1, 0.15) is 5.82 Å². The van der Waals surface area contributed by atoms with Crippen LogP contribution in [0.2, 0.25) is 0 Å². The van der Waals surface area contributed by atoms with E-state index in [0.29, 0.717) is 10.4 Å². The number of benzene rings is 1. The van der Waals surface area contributed by atoms with E-state index in [1.165, 1.54) is 17.4 Å². The maximum absolute atomic E-state index is 13.5. The highest BCUT2D eigenvalue weighted by atomic mass is 32.1. The summed E-state index contributed by atoms with van der Waals surface area (Å²) in [6, 6.07) is 6.33. The summed E-state index contributed by atoms with van der Waals surface area (Å²) in [5.41, 5.74) is 0.924. The number of anilines is 1. The lowest BCUT2D eigenvalue weighted by Crippen LogP contribution is -2.12. The van der Waals surface area contributed by atoms with E-state index in [1.54, 1.807) is 30.5 Å². The van der Waals surface area contributed by atoms with Crippen molar-refractivity contribution in [2.75, 3.05) is 5.32 Å². The zero-order valence-corrected chi connectivity index (χ0v) is 10.7.